The molecule has 0 amide bonds. The van der Waals surface area contributed by atoms with Crippen LogP contribution in [0.2, 0.25) is 0 Å². The molecule has 2 nitrogen and oxygen atoms in total. The van der Waals surface area contributed by atoms with E-state index in [2.05, 4.69) is 240 Å². The molecule has 2 heteroatoms. The van der Waals surface area contributed by atoms with Crippen molar-refractivity contribution in [1.82, 2.24) is 4.57 Å². The standard InChI is InChI=1S/C61H38N2/c1-3-21-44-39(15-1)17-13-31-56(44)62(43-34-36-50-49-25-7-10-30-58(49)63(59(50)38-43)57-32-14-18-40-16-2-4-22-45(40)57)42-33-35-48-51-26-11-19-41-20-12-29-54(60(41)51)61(55(48)37-42)52-27-8-5-23-46(52)47-24-6-9-28-53(47)61/h1-38H. The van der Waals surface area contributed by atoms with Gasteiger partial charge in [-0.25, -0.2) is 0 Å². The Kier molecular flexibility index (Phi) is 7.07. The molecule has 14 rings (SSSR count). The van der Waals surface area contributed by atoms with Gasteiger partial charge in [0.1, 0.15) is 0 Å². The van der Waals surface area contributed by atoms with Crippen molar-refractivity contribution >= 4 is 71.2 Å². The van der Waals surface area contributed by atoms with Crippen molar-refractivity contribution in [3.8, 4) is 27.9 Å². The summed E-state index contributed by atoms with van der Waals surface area (Å²) in [7, 11) is 0. The van der Waals surface area contributed by atoms with Gasteiger partial charge in [-0.15, -0.1) is 0 Å². The number of anilines is 3. The molecule has 2 aliphatic rings. The molecule has 0 N–H and O–H groups in total. The molecule has 12 aromatic rings. The number of benzene rings is 11. The Labute approximate surface area is 365 Å². The van der Waals surface area contributed by atoms with Crippen LogP contribution in [0.3, 0.4) is 0 Å². The number of rotatable bonds is 4. The van der Waals surface area contributed by atoms with E-state index >= 15 is 0 Å². The summed E-state index contributed by atoms with van der Waals surface area (Å²) in [6, 6.07) is 86.1. The van der Waals surface area contributed by atoms with Gasteiger partial charge in [-0.3, -0.25) is 0 Å². The Bertz CT molecular complexity index is 3830. The molecular formula is C61H38N2. The molecule has 0 aliphatic heterocycles. The first-order valence-corrected chi connectivity index (χ1v) is 21.9. The lowest BCUT2D eigenvalue weighted by Gasteiger charge is -2.41. The molecular weight excluding hydrogens is 761 g/mol. The third-order valence-electron chi connectivity index (χ3n) is 14.1. The second-order valence-electron chi connectivity index (χ2n) is 17.2. The van der Waals surface area contributed by atoms with Crippen LogP contribution in [0.15, 0.2) is 231 Å². The number of fused-ring (bicyclic) bond motifs is 14. The van der Waals surface area contributed by atoms with Crippen molar-refractivity contribution in [2.24, 2.45) is 0 Å². The van der Waals surface area contributed by atoms with Crippen molar-refractivity contribution in [3.63, 3.8) is 0 Å². The number of aromatic nitrogens is 1. The molecule has 0 radical (unpaired) electrons. The Morgan fingerprint density at radius 2 is 0.841 bits per heavy atom. The quantitative estimate of drug-likeness (QED) is 0.172. The average Bonchev–Trinajstić information content (AvgIpc) is 3.83. The summed E-state index contributed by atoms with van der Waals surface area (Å²) in [6.07, 6.45) is 0. The van der Waals surface area contributed by atoms with Gasteiger partial charge in [0, 0.05) is 32.9 Å². The predicted octanol–water partition coefficient (Wildman–Crippen LogP) is 16.1. The minimum absolute atomic E-state index is 0.526. The van der Waals surface area contributed by atoms with Crippen molar-refractivity contribution in [3.05, 3.63) is 253 Å². The van der Waals surface area contributed by atoms with Crippen molar-refractivity contribution in [2.75, 3.05) is 4.90 Å². The summed E-state index contributed by atoms with van der Waals surface area (Å²) in [6.45, 7) is 0. The van der Waals surface area contributed by atoms with Crippen LogP contribution in [0.1, 0.15) is 22.3 Å². The minimum Gasteiger partial charge on any atom is -0.310 e. The number of nitrogens with zero attached hydrogens (tertiary/aromatic N) is 2. The number of hydrogen-bond acceptors (Lipinski definition) is 1. The van der Waals surface area contributed by atoms with Gasteiger partial charge < -0.3 is 9.47 Å². The maximum atomic E-state index is 2.52. The maximum absolute atomic E-state index is 2.52. The lowest BCUT2D eigenvalue weighted by molar-refractivity contribution is 0.773. The molecule has 292 valence electrons. The molecule has 0 saturated carbocycles. The lowest BCUT2D eigenvalue weighted by atomic mass is 9.61. The first kappa shape index (κ1) is 34.5. The van der Waals surface area contributed by atoms with E-state index in [1.807, 2.05) is 0 Å². The van der Waals surface area contributed by atoms with Gasteiger partial charge in [-0.1, -0.05) is 188 Å². The van der Waals surface area contributed by atoms with Gasteiger partial charge in [0.25, 0.3) is 0 Å². The van der Waals surface area contributed by atoms with Crippen LogP contribution < -0.4 is 4.90 Å². The van der Waals surface area contributed by atoms with Crippen molar-refractivity contribution in [2.45, 2.75) is 5.41 Å². The smallest absolute Gasteiger partial charge is 0.0726 e. The van der Waals surface area contributed by atoms with Crippen LogP contribution in [-0.4, -0.2) is 4.57 Å². The van der Waals surface area contributed by atoms with E-state index in [0.29, 0.717) is 0 Å². The highest BCUT2D eigenvalue weighted by Gasteiger charge is 2.50. The molecule has 0 atom stereocenters. The molecule has 11 aromatic carbocycles. The third kappa shape index (κ3) is 4.62. The Balaban J connectivity index is 1.09. The Hall–Kier alpha value is -8.20. The van der Waals surface area contributed by atoms with Gasteiger partial charge in [0.15, 0.2) is 0 Å². The van der Waals surface area contributed by atoms with Gasteiger partial charge in [-0.2, -0.15) is 0 Å². The van der Waals surface area contributed by atoms with E-state index in [1.165, 1.54) is 104 Å². The van der Waals surface area contributed by atoms with Crippen LogP contribution in [0.5, 0.6) is 0 Å². The maximum Gasteiger partial charge on any atom is 0.0726 e. The largest absolute Gasteiger partial charge is 0.310 e. The van der Waals surface area contributed by atoms with E-state index in [0.717, 1.165) is 17.1 Å². The van der Waals surface area contributed by atoms with E-state index in [9.17, 15) is 0 Å². The zero-order valence-electron chi connectivity index (χ0n) is 34.3. The Morgan fingerprint density at radius 1 is 0.317 bits per heavy atom. The molecule has 0 fully saturated rings. The summed E-state index contributed by atoms with van der Waals surface area (Å²) < 4.78 is 2.48. The highest BCUT2D eigenvalue weighted by Crippen LogP contribution is 2.62. The van der Waals surface area contributed by atoms with Gasteiger partial charge in [0.2, 0.25) is 0 Å². The Morgan fingerprint density at radius 3 is 1.65 bits per heavy atom. The predicted molar refractivity (Wildman–Crippen MR) is 264 cm³/mol. The van der Waals surface area contributed by atoms with E-state index < -0.39 is 5.41 Å². The highest BCUT2D eigenvalue weighted by molar-refractivity contribution is 6.13. The van der Waals surface area contributed by atoms with Crippen LogP contribution in [0.4, 0.5) is 17.1 Å². The summed E-state index contributed by atoms with van der Waals surface area (Å²) in [4.78, 5) is 2.51. The highest BCUT2D eigenvalue weighted by atomic mass is 15.1. The van der Waals surface area contributed by atoms with Crippen LogP contribution >= 0.6 is 0 Å². The monoisotopic (exact) mass is 798 g/mol. The van der Waals surface area contributed by atoms with Gasteiger partial charge >= 0.3 is 0 Å². The van der Waals surface area contributed by atoms with Crippen molar-refractivity contribution in [1.29, 1.82) is 0 Å². The van der Waals surface area contributed by atoms with E-state index in [4.69, 9.17) is 0 Å². The number of hydrogen-bond donors (Lipinski definition) is 0. The molecule has 0 bridgehead atoms. The molecule has 1 heterocycles. The topological polar surface area (TPSA) is 8.17 Å². The SMILES string of the molecule is c1ccc2c(c1)-c1ccccc1C21c2cc(N(c3ccc4c5ccccc5n(-c5cccc6ccccc56)c4c3)c3cccc4ccccc34)ccc2-c2cccc3cccc1c23. The first-order valence-electron chi connectivity index (χ1n) is 21.9. The number of para-hydroxylation sites is 1. The van der Waals surface area contributed by atoms with Gasteiger partial charge in [0.05, 0.1) is 27.8 Å². The average molecular weight is 799 g/mol. The fourth-order valence-corrected chi connectivity index (χ4v) is 11.6. The zero-order chi connectivity index (χ0) is 41.2. The summed E-state index contributed by atoms with van der Waals surface area (Å²) in [5.74, 6) is 0. The lowest BCUT2D eigenvalue weighted by Crippen LogP contribution is -2.32. The second kappa shape index (κ2) is 12.9. The third-order valence-corrected chi connectivity index (χ3v) is 14.1. The van der Waals surface area contributed by atoms with Crippen LogP contribution in [0, 0.1) is 0 Å². The molecule has 2 aliphatic carbocycles. The minimum atomic E-state index is -0.526. The van der Waals surface area contributed by atoms with E-state index in [-0.39, 0.29) is 0 Å². The molecule has 1 spiro atoms. The van der Waals surface area contributed by atoms with Crippen LogP contribution in [0.25, 0.3) is 82.1 Å². The normalized spacial score (nSPS) is 13.2. The summed E-state index contributed by atoms with van der Waals surface area (Å²) in [5.41, 5.74) is 16.9. The van der Waals surface area contributed by atoms with E-state index in [1.54, 1.807) is 0 Å². The molecule has 1 aromatic heterocycles. The molecule has 0 saturated heterocycles. The summed E-state index contributed by atoms with van der Waals surface area (Å²) >= 11 is 0. The van der Waals surface area contributed by atoms with Gasteiger partial charge in [-0.05, 0) is 109 Å². The molecule has 0 unspecified atom stereocenters. The fourth-order valence-electron chi connectivity index (χ4n) is 11.6. The molecule has 63 heavy (non-hydrogen) atoms. The fraction of sp³-hybridized carbons (Fsp3) is 0.0164. The van der Waals surface area contributed by atoms with Crippen molar-refractivity contribution < 1.29 is 0 Å². The first-order chi connectivity index (χ1) is 31.3. The zero-order valence-corrected chi connectivity index (χ0v) is 34.3. The van der Waals surface area contributed by atoms with Crippen LogP contribution in [-0.2, 0) is 5.41 Å². The second-order valence-corrected chi connectivity index (χ2v) is 17.2. The summed E-state index contributed by atoms with van der Waals surface area (Å²) in [5, 5.41) is 9.95.